The van der Waals surface area contributed by atoms with Crippen LogP contribution in [0.1, 0.15) is 46.0 Å². The molecule has 26 heavy (non-hydrogen) atoms. The van der Waals surface area contributed by atoms with E-state index in [2.05, 4.69) is 34.0 Å². The van der Waals surface area contributed by atoms with Gasteiger partial charge in [-0.05, 0) is 44.8 Å². The molecule has 7 heteroatoms. The van der Waals surface area contributed by atoms with Crippen LogP contribution in [0.15, 0.2) is 4.99 Å². The largest absolute Gasteiger partial charge is 0.379 e. The summed E-state index contributed by atoms with van der Waals surface area (Å²) in [4.78, 5) is 9.73. The Labute approximate surface area is 177 Å². The third-order valence-corrected chi connectivity index (χ3v) is 5.39. The van der Waals surface area contributed by atoms with Gasteiger partial charge in [-0.3, -0.25) is 14.8 Å². The van der Waals surface area contributed by atoms with Crippen molar-refractivity contribution in [3.63, 3.8) is 0 Å². The fourth-order valence-electron chi connectivity index (χ4n) is 3.77. The maximum atomic E-state index is 6.09. The lowest BCUT2D eigenvalue weighted by Crippen LogP contribution is -2.43. The third-order valence-electron chi connectivity index (χ3n) is 5.39. The molecule has 3 N–H and O–H groups in total. The number of nitrogens with two attached hydrogens (primary N) is 1. The normalized spacial score (nSPS) is 21.9. The fourth-order valence-corrected chi connectivity index (χ4v) is 3.77. The van der Waals surface area contributed by atoms with E-state index in [4.69, 9.17) is 10.5 Å². The Morgan fingerprint density at radius 1 is 1.08 bits per heavy atom. The molecule has 0 aromatic heterocycles. The Balaban J connectivity index is 0.00000338. The molecule has 0 spiro atoms. The zero-order valence-electron chi connectivity index (χ0n) is 16.8. The summed E-state index contributed by atoms with van der Waals surface area (Å²) in [5.41, 5.74) is 6.09. The van der Waals surface area contributed by atoms with Crippen molar-refractivity contribution in [2.24, 2.45) is 16.6 Å². The van der Waals surface area contributed by atoms with Gasteiger partial charge in [0.1, 0.15) is 0 Å². The first-order valence-corrected chi connectivity index (χ1v) is 10.2. The Morgan fingerprint density at radius 3 is 2.35 bits per heavy atom. The first kappa shape index (κ1) is 23.9. The summed E-state index contributed by atoms with van der Waals surface area (Å²) in [6.07, 6.45) is 6.48. The lowest BCUT2D eigenvalue weighted by molar-refractivity contribution is 0.0376. The maximum Gasteiger partial charge on any atom is 0.188 e. The number of morpholine rings is 1. The summed E-state index contributed by atoms with van der Waals surface area (Å²) >= 11 is 0. The minimum Gasteiger partial charge on any atom is -0.379 e. The van der Waals surface area contributed by atoms with Crippen LogP contribution in [0.25, 0.3) is 0 Å². The minimum absolute atomic E-state index is 0. The van der Waals surface area contributed by atoms with Crippen molar-refractivity contribution in [3.8, 4) is 0 Å². The molecule has 0 aliphatic carbocycles. The molecule has 0 bridgehead atoms. The molecule has 1 atom stereocenters. The summed E-state index contributed by atoms with van der Waals surface area (Å²) in [6, 6.07) is 0.506. The number of rotatable bonds is 8. The Bertz CT molecular complexity index is 380. The van der Waals surface area contributed by atoms with Crippen LogP contribution in [0, 0.1) is 5.92 Å². The molecule has 0 aromatic carbocycles. The second-order valence-electron chi connectivity index (χ2n) is 7.72. The highest BCUT2D eigenvalue weighted by atomic mass is 127. The van der Waals surface area contributed by atoms with Crippen molar-refractivity contribution in [2.45, 2.75) is 52.0 Å². The van der Waals surface area contributed by atoms with Gasteiger partial charge in [0, 0.05) is 25.7 Å². The number of nitrogens with zero attached hydrogens (tertiary/aromatic N) is 3. The van der Waals surface area contributed by atoms with E-state index in [1.54, 1.807) is 0 Å². The minimum atomic E-state index is 0. The zero-order valence-corrected chi connectivity index (χ0v) is 19.1. The van der Waals surface area contributed by atoms with Crippen LogP contribution >= 0.6 is 24.0 Å². The van der Waals surface area contributed by atoms with E-state index in [-0.39, 0.29) is 24.0 Å². The summed E-state index contributed by atoms with van der Waals surface area (Å²) in [5.74, 6) is 1.21. The van der Waals surface area contributed by atoms with Gasteiger partial charge in [0.05, 0.1) is 19.8 Å². The van der Waals surface area contributed by atoms with E-state index in [0.717, 1.165) is 52.4 Å². The van der Waals surface area contributed by atoms with Gasteiger partial charge in [-0.15, -0.1) is 24.0 Å². The highest BCUT2D eigenvalue weighted by molar-refractivity contribution is 14.0. The summed E-state index contributed by atoms with van der Waals surface area (Å²) in [6.45, 7) is 13.7. The van der Waals surface area contributed by atoms with Gasteiger partial charge in [-0.2, -0.15) is 0 Å². The van der Waals surface area contributed by atoms with Crippen LogP contribution in [0.5, 0.6) is 0 Å². The first-order valence-electron chi connectivity index (χ1n) is 10.2. The number of hydrogen-bond donors (Lipinski definition) is 2. The van der Waals surface area contributed by atoms with Crippen molar-refractivity contribution in [1.29, 1.82) is 0 Å². The molecule has 6 nitrogen and oxygen atoms in total. The predicted molar refractivity (Wildman–Crippen MR) is 120 cm³/mol. The van der Waals surface area contributed by atoms with Crippen LogP contribution in [-0.2, 0) is 4.74 Å². The van der Waals surface area contributed by atoms with Crippen LogP contribution < -0.4 is 11.1 Å². The van der Waals surface area contributed by atoms with E-state index >= 15 is 0 Å². The second kappa shape index (κ2) is 14.0. The molecule has 0 radical (unpaired) electrons. The topological polar surface area (TPSA) is 66.1 Å². The van der Waals surface area contributed by atoms with Gasteiger partial charge >= 0.3 is 0 Å². The molecule has 0 aromatic rings. The molecule has 2 saturated heterocycles. The molecule has 1 unspecified atom stereocenters. The number of likely N-dealkylation sites (tertiary alicyclic amines) is 1. The van der Waals surface area contributed by atoms with Crippen LogP contribution in [0.2, 0.25) is 0 Å². The average molecular weight is 481 g/mol. The predicted octanol–water partition coefficient (Wildman–Crippen LogP) is 2.13. The first-order chi connectivity index (χ1) is 12.2. The lowest BCUT2D eigenvalue weighted by Gasteiger charge is -2.32. The molecule has 0 saturated carbocycles. The zero-order chi connectivity index (χ0) is 17.9. The van der Waals surface area contributed by atoms with E-state index in [9.17, 15) is 0 Å². The Hall–Kier alpha value is -0.120. The van der Waals surface area contributed by atoms with Gasteiger partial charge in [0.15, 0.2) is 5.96 Å². The van der Waals surface area contributed by atoms with Crippen molar-refractivity contribution in [3.05, 3.63) is 0 Å². The molecular formula is C19H40IN5O. The lowest BCUT2D eigenvalue weighted by atomic mass is 10.0. The standard InChI is InChI=1S/C19H39N5O.HI/c1-17(2)18(24-10-5-3-4-6-11-24)16-22-19(20)21-8-7-9-23-12-14-25-15-13-23;/h17-18H,3-16H2,1-2H3,(H3,20,21,22);1H. The van der Waals surface area contributed by atoms with Crippen molar-refractivity contribution in [1.82, 2.24) is 15.1 Å². The number of ether oxygens (including phenoxy) is 1. The highest BCUT2D eigenvalue weighted by Gasteiger charge is 2.22. The summed E-state index contributed by atoms with van der Waals surface area (Å²) in [5, 5.41) is 3.28. The summed E-state index contributed by atoms with van der Waals surface area (Å²) in [7, 11) is 0. The molecule has 2 aliphatic rings. The van der Waals surface area contributed by atoms with Gasteiger partial charge in [0.25, 0.3) is 0 Å². The van der Waals surface area contributed by atoms with Gasteiger partial charge < -0.3 is 15.8 Å². The quantitative estimate of drug-likeness (QED) is 0.241. The molecule has 2 rings (SSSR count). The van der Waals surface area contributed by atoms with Crippen LogP contribution in [0.3, 0.4) is 0 Å². The monoisotopic (exact) mass is 481 g/mol. The van der Waals surface area contributed by atoms with Gasteiger partial charge in [-0.25, -0.2) is 0 Å². The number of hydrogen-bond acceptors (Lipinski definition) is 4. The number of aliphatic imine (C=N–C) groups is 1. The van der Waals surface area contributed by atoms with E-state index in [0.29, 0.717) is 17.9 Å². The fraction of sp³-hybridized carbons (Fsp3) is 0.947. The highest BCUT2D eigenvalue weighted by Crippen LogP contribution is 2.17. The van der Waals surface area contributed by atoms with E-state index < -0.39 is 0 Å². The SMILES string of the molecule is CC(C)C(CN=C(N)NCCCN1CCOCC1)N1CCCCCC1.I. The average Bonchev–Trinajstić information content (AvgIpc) is 2.89. The van der Waals surface area contributed by atoms with Crippen LogP contribution in [0.4, 0.5) is 0 Å². The molecule has 154 valence electrons. The van der Waals surface area contributed by atoms with Crippen molar-refractivity contribution in [2.75, 3.05) is 59.0 Å². The van der Waals surface area contributed by atoms with Gasteiger partial charge in [0.2, 0.25) is 0 Å². The Morgan fingerprint density at radius 2 is 1.73 bits per heavy atom. The maximum absolute atomic E-state index is 6.09. The molecule has 2 aliphatic heterocycles. The number of halogens is 1. The van der Waals surface area contributed by atoms with Gasteiger partial charge in [-0.1, -0.05) is 26.7 Å². The Kier molecular flexibility index (Phi) is 12.8. The molecule has 0 amide bonds. The summed E-state index contributed by atoms with van der Waals surface area (Å²) < 4.78 is 5.38. The van der Waals surface area contributed by atoms with E-state index in [1.807, 2.05) is 0 Å². The number of guanidine groups is 1. The van der Waals surface area contributed by atoms with Crippen molar-refractivity contribution < 1.29 is 4.74 Å². The van der Waals surface area contributed by atoms with Crippen molar-refractivity contribution >= 4 is 29.9 Å². The van der Waals surface area contributed by atoms with E-state index in [1.165, 1.54) is 38.8 Å². The smallest absolute Gasteiger partial charge is 0.188 e. The third kappa shape index (κ3) is 9.19. The molecule has 2 fully saturated rings. The number of nitrogens with one attached hydrogen (secondary N) is 1. The molecule has 2 heterocycles. The van der Waals surface area contributed by atoms with Crippen LogP contribution in [-0.4, -0.2) is 80.8 Å². The second-order valence-corrected chi connectivity index (χ2v) is 7.72. The molecular weight excluding hydrogens is 441 g/mol.